The van der Waals surface area contributed by atoms with Crippen molar-refractivity contribution >= 4 is 5.69 Å². The average molecular weight is 247 g/mol. The summed E-state index contributed by atoms with van der Waals surface area (Å²) in [6.07, 6.45) is 1.66. The normalized spacial score (nSPS) is 10.3. The Kier molecular flexibility index (Phi) is 2.94. The van der Waals surface area contributed by atoms with Gasteiger partial charge >= 0.3 is 0 Å². The molecule has 92 valence electrons. The number of hydrogen-bond acceptors (Lipinski definition) is 3. The van der Waals surface area contributed by atoms with Gasteiger partial charge in [0.15, 0.2) is 5.82 Å². The van der Waals surface area contributed by atoms with Crippen LogP contribution in [0.2, 0.25) is 0 Å². The highest BCUT2D eigenvalue weighted by atomic mass is 14.9. The van der Waals surface area contributed by atoms with Gasteiger partial charge in [-0.25, -0.2) is 9.97 Å². The van der Waals surface area contributed by atoms with E-state index >= 15 is 0 Å². The fraction of sp³-hybridized carbons (Fsp3) is 0. The first kappa shape index (κ1) is 11.4. The second-order valence-electron chi connectivity index (χ2n) is 4.23. The van der Waals surface area contributed by atoms with Gasteiger partial charge in [-0.3, -0.25) is 0 Å². The Morgan fingerprint density at radius 2 is 1.32 bits per heavy atom. The molecule has 0 saturated carbocycles. The van der Waals surface area contributed by atoms with Gasteiger partial charge in [0.05, 0.1) is 17.6 Å². The number of aromatic nitrogens is 2. The first-order chi connectivity index (χ1) is 9.34. The van der Waals surface area contributed by atoms with Gasteiger partial charge in [-0.05, 0) is 0 Å². The number of nitrogen functional groups attached to an aromatic ring is 1. The molecule has 0 bridgehead atoms. The second kappa shape index (κ2) is 4.90. The molecule has 3 heteroatoms. The van der Waals surface area contributed by atoms with E-state index in [1.165, 1.54) is 0 Å². The predicted molar refractivity (Wildman–Crippen MR) is 77.3 cm³/mol. The first-order valence-corrected chi connectivity index (χ1v) is 6.08. The molecule has 1 heterocycles. The molecule has 2 N–H and O–H groups in total. The Morgan fingerprint density at radius 1 is 0.737 bits per heavy atom. The highest BCUT2D eigenvalue weighted by Crippen LogP contribution is 2.25. The molecule has 3 rings (SSSR count). The number of benzene rings is 2. The summed E-state index contributed by atoms with van der Waals surface area (Å²) in [5, 5.41) is 0. The van der Waals surface area contributed by atoms with E-state index in [-0.39, 0.29) is 0 Å². The van der Waals surface area contributed by atoms with Crippen LogP contribution in [0.1, 0.15) is 0 Å². The lowest BCUT2D eigenvalue weighted by Gasteiger charge is -2.07. The van der Waals surface area contributed by atoms with E-state index in [1.807, 2.05) is 60.7 Å². The van der Waals surface area contributed by atoms with Gasteiger partial charge in [-0.2, -0.15) is 0 Å². The standard InChI is InChI=1S/C16H13N3/c17-14-11-18-16(13-9-5-2-6-10-13)19-15(14)12-7-3-1-4-8-12/h1-11H,17H2. The minimum Gasteiger partial charge on any atom is -0.396 e. The summed E-state index contributed by atoms with van der Waals surface area (Å²) in [5.74, 6) is 0.689. The Morgan fingerprint density at radius 3 is 1.95 bits per heavy atom. The molecule has 0 spiro atoms. The maximum atomic E-state index is 5.97. The summed E-state index contributed by atoms with van der Waals surface area (Å²) < 4.78 is 0. The van der Waals surface area contributed by atoms with Crippen molar-refractivity contribution in [2.24, 2.45) is 0 Å². The average Bonchev–Trinajstić information content (AvgIpc) is 2.49. The first-order valence-electron chi connectivity index (χ1n) is 6.08. The van der Waals surface area contributed by atoms with Crippen molar-refractivity contribution in [1.29, 1.82) is 0 Å². The van der Waals surface area contributed by atoms with Crippen molar-refractivity contribution < 1.29 is 0 Å². The van der Waals surface area contributed by atoms with Crippen molar-refractivity contribution in [3.63, 3.8) is 0 Å². The van der Waals surface area contributed by atoms with E-state index in [2.05, 4.69) is 9.97 Å². The second-order valence-corrected chi connectivity index (χ2v) is 4.23. The third kappa shape index (κ3) is 2.31. The van der Waals surface area contributed by atoms with Crippen LogP contribution in [0.15, 0.2) is 66.9 Å². The SMILES string of the molecule is Nc1cnc(-c2ccccc2)nc1-c1ccccc1. The predicted octanol–water partition coefficient (Wildman–Crippen LogP) is 3.39. The number of anilines is 1. The molecular weight excluding hydrogens is 234 g/mol. The van der Waals surface area contributed by atoms with Crippen LogP contribution >= 0.6 is 0 Å². The van der Waals surface area contributed by atoms with Crippen LogP contribution in [0.25, 0.3) is 22.6 Å². The molecule has 19 heavy (non-hydrogen) atoms. The van der Waals surface area contributed by atoms with E-state index in [0.717, 1.165) is 16.8 Å². The summed E-state index contributed by atoms with van der Waals surface area (Å²) in [6.45, 7) is 0. The monoisotopic (exact) mass is 247 g/mol. The summed E-state index contributed by atoms with van der Waals surface area (Å²) >= 11 is 0. The van der Waals surface area contributed by atoms with Crippen molar-refractivity contribution in [3.05, 3.63) is 66.9 Å². The molecule has 3 aromatic rings. The molecule has 0 saturated heterocycles. The van der Waals surface area contributed by atoms with Gasteiger partial charge in [-0.1, -0.05) is 60.7 Å². The minimum absolute atomic E-state index is 0.589. The summed E-state index contributed by atoms with van der Waals surface area (Å²) in [5.41, 5.74) is 9.32. The van der Waals surface area contributed by atoms with Crippen LogP contribution < -0.4 is 5.73 Å². The molecular formula is C16H13N3. The maximum Gasteiger partial charge on any atom is 0.159 e. The molecule has 1 aromatic heterocycles. The highest BCUT2D eigenvalue weighted by Gasteiger charge is 2.07. The zero-order valence-corrected chi connectivity index (χ0v) is 10.3. The summed E-state index contributed by atoms with van der Waals surface area (Å²) in [4.78, 5) is 8.88. The van der Waals surface area contributed by atoms with Gasteiger partial charge < -0.3 is 5.73 Å². The fourth-order valence-corrected chi connectivity index (χ4v) is 1.94. The molecule has 0 radical (unpaired) electrons. The lowest BCUT2D eigenvalue weighted by Crippen LogP contribution is -1.98. The fourth-order valence-electron chi connectivity index (χ4n) is 1.94. The van der Waals surface area contributed by atoms with Crippen LogP contribution in [0.5, 0.6) is 0 Å². The smallest absolute Gasteiger partial charge is 0.159 e. The van der Waals surface area contributed by atoms with Crippen LogP contribution in [0.4, 0.5) is 5.69 Å². The quantitative estimate of drug-likeness (QED) is 0.755. The molecule has 0 aliphatic carbocycles. The van der Waals surface area contributed by atoms with Gasteiger partial charge in [0, 0.05) is 11.1 Å². The Hall–Kier alpha value is -2.68. The van der Waals surface area contributed by atoms with Gasteiger partial charge in [-0.15, -0.1) is 0 Å². The van der Waals surface area contributed by atoms with Crippen LogP contribution in [0, 0.1) is 0 Å². The third-order valence-electron chi connectivity index (χ3n) is 2.90. The number of rotatable bonds is 2. The van der Waals surface area contributed by atoms with Crippen LogP contribution in [-0.2, 0) is 0 Å². The third-order valence-corrected chi connectivity index (χ3v) is 2.90. The van der Waals surface area contributed by atoms with E-state index in [1.54, 1.807) is 6.20 Å². The number of nitrogens with zero attached hydrogens (tertiary/aromatic N) is 2. The van der Waals surface area contributed by atoms with E-state index in [0.29, 0.717) is 11.5 Å². The van der Waals surface area contributed by atoms with Gasteiger partial charge in [0.25, 0.3) is 0 Å². The van der Waals surface area contributed by atoms with Crippen LogP contribution in [0.3, 0.4) is 0 Å². The molecule has 0 aliphatic heterocycles. The van der Waals surface area contributed by atoms with Crippen molar-refractivity contribution in [3.8, 4) is 22.6 Å². The molecule has 2 aromatic carbocycles. The number of nitrogens with two attached hydrogens (primary N) is 1. The van der Waals surface area contributed by atoms with Gasteiger partial charge in [0.1, 0.15) is 0 Å². The maximum absolute atomic E-state index is 5.97. The van der Waals surface area contributed by atoms with Crippen molar-refractivity contribution in [2.75, 3.05) is 5.73 Å². The summed E-state index contributed by atoms with van der Waals surface area (Å²) in [7, 11) is 0. The molecule has 0 amide bonds. The molecule has 0 fully saturated rings. The lowest BCUT2D eigenvalue weighted by molar-refractivity contribution is 1.18. The van der Waals surface area contributed by atoms with Crippen molar-refractivity contribution in [1.82, 2.24) is 9.97 Å². The molecule has 0 unspecified atom stereocenters. The molecule has 3 nitrogen and oxygen atoms in total. The number of hydrogen-bond donors (Lipinski definition) is 1. The minimum atomic E-state index is 0.589. The van der Waals surface area contributed by atoms with Gasteiger partial charge in [0.2, 0.25) is 0 Å². The van der Waals surface area contributed by atoms with E-state index in [4.69, 9.17) is 5.73 Å². The Balaban J connectivity index is 2.12. The zero-order valence-electron chi connectivity index (χ0n) is 10.3. The molecule has 0 aliphatic rings. The Bertz CT molecular complexity index is 679. The lowest BCUT2D eigenvalue weighted by atomic mass is 10.1. The zero-order chi connectivity index (χ0) is 13.1. The van der Waals surface area contributed by atoms with E-state index < -0.39 is 0 Å². The molecule has 0 atom stereocenters. The highest BCUT2D eigenvalue weighted by molar-refractivity contribution is 5.73. The topological polar surface area (TPSA) is 51.8 Å². The Labute approximate surface area is 111 Å². The van der Waals surface area contributed by atoms with E-state index in [9.17, 15) is 0 Å². The largest absolute Gasteiger partial charge is 0.396 e. The van der Waals surface area contributed by atoms with Crippen molar-refractivity contribution in [2.45, 2.75) is 0 Å². The summed E-state index contributed by atoms with van der Waals surface area (Å²) in [6, 6.07) is 19.8. The van der Waals surface area contributed by atoms with Crippen LogP contribution in [-0.4, -0.2) is 9.97 Å².